The summed E-state index contributed by atoms with van der Waals surface area (Å²) in [5.41, 5.74) is 0.719. The molecule has 10 atom stereocenters. The number of esters is 1. The monoisotopic (exact) mass is 789 g/mol. The quantitative estimate of drug-likeness (QED) is 0.0794. The number of rotatable bonds is 16. The first-order valence-electron chi connectivity index (χ1n) is 21.9. The molecular formula is C44H84O11. The molecule has 0 spiro atoms. The first kappa shape index (κ1) is 51.9. The number of ether oxygens (including phenoxy) is 1. The van der Waals surface area contributed by atoms with Crippen LogP contribution in [-0.2, 0) is 9.53 Å². The van der Waals surface area contributed by atoms with Crippen molar-refractivity contribution in [2.45, 2.75) is 256 Å². The lowest BCUT2D eigenvalue weighted by Gasteiger charge is -2.26. The number of aliphatic hydroxyl groups excluding tert-OH is 9. The maximum atomic E-state index is 12.9. The van der Waals surface area contributed by atoms with Gasteiger partial charge in [0.1, 0.15) is 6.10 Å². The Morgan fingerprint density at radius 2 is 1.02 bits per heavy atom. The molecule has 1 heterocycles. The van der Waals surface area contributed by atoms with E-state index in [4.69, 9.17) is 4.74 Å². The van der Waals surface area contributed by atoms with Crippen molar-refractivity contribution in [3.05, 3.63) is 11.6 Å². The first-order valence-corrected chi connectivity index (χ1v) is 21.9. The summed E-state index contributed by atoms with van der Waals surface area (Å²) in [5.74, 6) is -0.482. The topological polar surface area (TPSA) is 208 Å². The van der Waals surface area contributed by atoms with Crippen molar-refractivity contribution in [1.29, 1.82) is 0 Å². The van der Waals surface area contributed by atoms with Crippen LogP contribution in [0.4, 0.5) is 0 Å². The maximum Gasteiger partial charge on any atom is 0.330 e. The van der Waals surface area contributed by atoms with Gasteiger partial charge < -0.3 is 50.7 Å². The summed E-state index contributed by atoms with van der Waals surface area (Å²) in [6.07, 6.45) is 10.6. The van der Waals surface area contributed by atoms with Crippen LogP contribution < -0.4 is 0 Å². The van der Waals surface area contributed by atoms with Gasteiger partial charge in [0.05, 0.1) is 54.9 Å². The fourth-order valence-electron chi connectivity index (χ4n) is 7.53. The van der Waals surface area contributed by atoms with Gasteiger partial charge in [-0.15, -0.1) is 0 Å². The van der Waals surface area contributed by atoms with Crippen LogP contribution in [-0.4, -0.2) is 113 Å². The average Bonchev–Trinajstić information content (AvgIpc) is 3.07. The number of carbonyl (C=O) groups is 1. The van der Waals surface area contributed by atoms with Crippen molar-refractivity contribution >= 4 is 5.97 Å². The zero-order valence-electron chi connectivity index (χ0n) is 35.1. The molecule has 0 amide bonds. The van der Waals surface area contributed by atoms with Gasteiger partial charge >= 0.3 is 5.97 Å². The number of aliphatic hydroxyl groups is 9. The van der Waals surface area contributed by atoms with Crippen LogP contribution in [0.3, 0.4) is 0 Å². The lowest BCUT2D eigenvalue weighted by atomic mass is 9.86. The molecule has 0 aromatic carbocycles. The van der Waals surface area contributed by atoms with Crippen molar-refractivity contribution in [2.75, 3.05) is 0 Å². The highest BCUT2D eigenvalue weighted by Crippen LogP contribution is 2.25. The van der Waals surface area contributed by atoms with E-state index in [9.17, 15) is 50.8 Å². The SMILES string of the molecule is C/C1=C/C(=O)O[C@H](CCC[C@@H](O)CCC[C@@H](O)CCC[C@@H](O)CCC[C@H](O)C(C)(C)C)C[C@@H](O)C[C@H](O)CCC[C@@H](O)CCC[C@@H](O)C[C@@H](O)CCCCC1. The molecule has 9 N–H and O–H groups in total. The lowest BCUT2D eigenvalue weighted by Crippen LogP contribution is -2.27. The van der Waals surface area contributed by atoms with Gasteiger partial charge in [-0.3, -0.25) is 0 Å². The summed E-state index contributed by atoms with van der Waals surface area (Å²) in [6, 6.07) is 0. The van der Waals surface area contributed by atoms with Crippen LogP contribution >= 0.6 is 0 Å². The summed E-state index contributed by atoms with van der Waals surface area (Å²) in [5, 5.41) is 94.0. The summed E-state index contributed by atoms with van der Waals surface area (Å²) in [4.78, 5) is 12.9. The molecular weight excluding hydrogens is 704 g/mol. The minimum atomic E-state index is -0.890. The summed E-state index contributed by atoms with van der Waals surface area (Å²) >= 11 is 0. The smallest absolute Gasteiger partial charge is 0.330 e. The fourth-order valence-corrected chi connectivity index (χ4v) is 7.53. The van der Waals surface area contributed by atoms with E-state index >= 15 is 0 Å². The standard InChI is InChI=1S/C44H84O11/c1-32-14-6-5-7-15-37(49)29-38(50)24-10-20-34(46)21-11-25-39(51)30-40(52)31-41(55-43(54)28-32)26-12-22-35(47)18-8-16-33(45)17-9-19-36(48)23-13-27-42(53)44(2,3)4/h28,33-42,45-53H,5-27,29-31H2,1-4H3/b32-28-/t33-,34+,35+,36-,37+,38-,39-,40+,41-,42+/m1/s1. The van der Waals surface area contributed by atoms with Gasteiger partial charge in [0.2, 0.25) is 0 Å². The number of cyclic esters (lactones) is 1. The van der Waals surface area contributed by atoms with E-state index < -0.39 is 67.0 Å². The van der Waals surface area contributed by atoms with Gasteiger partial charge in [-0.1, -0.05) is 39.2 Å². The zero-order valence-corrected chi connectivity index (χ0v) is 35.1. The van der Waals surface area contributed by atoms with Gasteiger partial charge in [-0.05, 0) is 160 Å². The highest BCUT2D eigenvalue weighted by Gasteiger charge is 2.23. The number of hydrogen-bond donors (Lipinski definition) is 9. The van der Waals surface area contributed by atoms with Crippen LogP contribution in [0, 0.1) is 5.41 Å². The highest BCUT2D eigenvalue weighted by atomic mass is 16.5. The third-order valence-corrected chi connectivity index (χ3v) is 11.3. The second kappa shape index (κ2) is 30.0. The predicted molar refractivity (Wildman–Crippen MR) is 217 cm³/mol. The molecule has 1 rings (SSSR count). The molecule has 0 bridgehead atoms. The van der Waals surface area contributed by atoms with Gasteiger partial charge in [-0.2, -0.15) is 0 Å². The van der Waals surface area contributed by atoms with E-state index in [-0.39, 0.29) is 18.3 Å². The Morgan fingerprint density at radius 3 is 1.53 bits per heavy atom. The van der Waals surface area contributed by atoms with Gasteiger partial charge in [0.25, 0.3) is 0 Å². The van der Waals surface area contributed by atoms with E-state index in [0.29, 0.717) is 128 Å². The summed E-state index contributed by atoms with van der Waals surface area (Å²) < 4.78 is 5.81. The summed E-state index contributed by atoms with van der Waals surface area (Å²) in [7, 11) is 0. The van der Waals surface area contributed by atoms with Crippen LogP contribution in [0.25, 0.3) is 0 Å². The Morgan fingerprint density at radius 1 is 0.582 bits per heavy atom. The molecule has 0 saturated carbocycles. The van der Waals surface area contributed by atoms with Gasteiger partial charge in [0.15, 0.2) is 0 Å². The van der Waals surface area contributed by atoms with Crippen LogP contribution in [0.15, 0.2) is 11.6 Å². The second-order valence-electron chi connectivity index (χ2n) is 18.1. The molecule has 0 aromatic heterocycles. The molecule has 11 heteroatoms. The molecule has 0 saturated heterocycles. The van der Waals surface area contributed by atoms with Crippen molar-refractivity contribution in [3.63, 3.8) is 0 Å². The predicted octanol–water partition coefficient (Wildman–Crippen LogP) is 6.29. The number of hydrogen-bond acceptors (Lipinski definition) is 11. The molecule has 55 heavy (non-hydrogen) atoms. The molecule has 1 aliphatic rings. The van der Waals surface area contributed by atoms with E-state index in [0.717, 1.165) is 31.3 Å². The Kier molecular flexibility index (Phi) is 28.3. The molecule has 1 aliphatic heterocycles. The van der Waals surface area contributed by atoms with Crippen LogP contribution in [0.5, 0.6) is 0 Å². The molecule has 11 nitrogen and oxygen atoms in total. The molecule has 0 aromatic rings. The molecule has 0 radical (unpaired) electrons. The van der Waals surface area contributed by atoms with Gasteiger partial charge in [0, 0.05) is 12.5 Å². The Bertz CT molecular complexity index is 985. The number of carbonyl (C=O) groups excluding carboxylic acids is 1. The molecule has 0 unspecified atom stereocenters. The second-order valence-corrected chi connectivity index (χ2v) is 18.1. The van der Waals surface area contributed by atoms with E-state index in [2.05, 4.69) is 0 Å². The van der Waals surface area contributed by atoms with Crippen molar-refractivity contribution in [2.24, 2.45) is 5.41 Å². The highest BCUT2D eigenvalue weighted by molar-refractivity contribution is 5.82. The zero-order chi connectivity index (χ0) is 41.2. The molecule has 0 aliphatic carbocycles. The summed E-state index contributed by atoms with van der Waals surface area (Å²) in [6.45, 7) is 7.89. The Labute approximate surface area is 333 Å². The largest absolute Gasteiger partial charge is 0.459 e. The van der Waals surface area contributed by atoms with Crippen molar-refractivity contribution in [3.8, 4) is 0 Å². The normalized spacial score (nSPS) is 28.9. The van der Waals surface area contributed by atoms with E-state index in [1.54, 1.807) is 0 Å². The molecule has 0 fully saturated rings. The maximum absolute atomic E-state index is 12.9. The third kappa shape index (κ3) is 28.8. The fraction of sp³-hybridized carbons (Fsp3) is 0.932. The van der Waals surface area contributed by atoms with Gasteiger partial charge in [-0.25, -0.2) is 4.79 Å². The minimum Gasteiger partial charge on any atom is -0.459 e. The van der Waals surface area contributed by atoms with Crippen LogP contribution in [0.1, 0.15) is 195 Å². The minimum absolute atomic E-state index is 0.124. The average molecular weight is 789 g/mol. The van der Waals surface area contributed by atoms with Crippen molar-refractivity contribution < 1.29 is 55.5 Å². The van der Waals surface area contributed by atoms with Crippen molar-refractivity contribution in [1.82, 2.24) is 0 Å². The Balaban J connectivity index is 2.57. The molecule has 326 valence electrons. The van der Waals surface area contributed by atoms with E-state index in [1.165, 1.54) is 6.08 Å². The first-order chi connectivity index (χ1) is 25.9. The lowest BCUT2D eigenvalue weighted by molar-refractivity contribution is -0.145. The third-order valence-electron chi connectivity index (χ3n) is 11.3. The van der Waals surface area contributed by atoms with E-state index in [1.807, 2.05) is 27.7 Å². The Hall–Kier alpha value is -1.15. The number of allylic oxidation sites excluding steroid dienone is 1. The van der Waals surface area contributed by atoms with Crippen LogP contribution in [0.2, 0.25) is 0 Å².